The van der Waals surface area contributed by atoms with E-state index in [1.54, 1.807) is 7.11 Å². The van der Waals surface area contributed by atoms with Gasteiger partial charge in [0.2, 0.25) is 0 Å². The second-order valence-electron chi connectivity index (χ2n) is 3.49. The molecule has 0 saturated carbocycles. The summed E-state index contributed by atoms with van der Waals surface area (Å²) in [5.41, 5.74) is 1.90. The molecule has 3 heteroatoms. The molecule has 0 saturated heterocycles. The lowest BCUT2D eigenvalue weighted by Crippen LogP contribution is -1.95. The molecule has 88 valence electrons. The Bertz CT molecular complexity index is 369. The van der Waals surface area contributed by atoms with Gasteiger partial charge in [0.1, 0.15) is 0 Å². The highest BCUT2D eigenvalue weighted by Gasteiger charge is 2.03. The number of hydrogen-bond donors (Lipinski definition) is 1. The largest absolute Gasteiger partial charge is 0.493 e. The normalized spacial score (nSPS) is 11.4. The maximum absolute atomic E-state index is 8.94. The van der Waals surface area contributed by atoms with Gasteiger partial charge in [-0.3, -0.25) is 0 Å². The zero-order valence-electron chi connectivity index (χ0n) is 9.99. The predicted octanol–water partition coefficient (Wildman–Crippen LogP) is 2.49. The molecule has 0 fully saturated rings. The summed E-state index contributed by atoms with van der Waals surface area (Å²) in [7, 11) is 1.62. The van der Waals surface area contributed by atoms with E-state index in [1.807, 2.05) is 38.1 Å². The van der Waals surface area contributed by atoms with Crippen LogP contribution in [0, 0.1) is 0 Å². The topological polar surface area (TPSA) is 38.7 Å². The van der Waals surface area contributed by atoms with E-state index < -0.39 is 0 Å². The highest BCUT2D eigenvalue weighted by atomic mass is 16.5. The summed E-state index contributed by atoms with van der Waals surface area (Å²) in [6.07, 6.45) is 1.91. The van der Waals surface area contributed by atoms with Crippen LogP contribution in [-0.4, -0.2) is 25.4 Å². The summed E-state index contributed by atoms with van der Waals surface area (Å²) >= 11 is 0. The van der Waals surface area contributed by atoms with Gasteiger partial charge in [0, 0.05) is 0 Å². The van der Waals surface area contributed by atoms with Crippen molar-refractivity contribution in [3.05, 3.63) is 29.3 Å². The number of benzene rings is 1. The zero-order valence-corrected chi connectivity index (χ0v) is 9.99. The molecule has 0 atom stereocenters. The van der Waals surface area contributed by atoms with Crippen LogP contribution in [0.5, 0.6) is 11.5 Å². The molecule has 1 N–H and O–H groups in total. The van der Waals surface area contributed by atoms with E-state index in [2.05, 4.69) is 0 Å². The SMILES string of the molecule is CCOc1ccc(C=C(C)CO)cc1OC. The van der Waals surface area contributed by atoms with Crippen molar-refractivity contribution in [3.63, 3.8) is 0 Å². The Morgan fingerprint density at radius 3 is 2.69 bits per heavy atom. The van der Waals surface area contributed by atoms with Gasteiger partial charge in [-0.15, -0.1) is 0 Å². The van der Waals surface area contributed by atoms with Crippen LogP contribution in [-0.2, 0) is 0 Å². The molecule has 1 aromatic carbocycles. The lowest BCUT2D eigenvalue weighted by atomic mass is 10.1. The van der Waals surface area contributed by atoms with Crippen molar-refractivity contribution in [2.24, 2.45) is 0 Å². The van der Waals surface area contributed by atoms with Crippen LogP contribution in [0.1, 0.15) is 19.4 Å². The lowest BCUT2D eigenvalue weighted by molar-refractivity contribution is 0.311. The Morgan fingerprint density at radius 2 is 2.12 bits per heavy atom. The van der Waals surface area contributed by atoms with Crippen molar-refractivity contribution in [2.45, 2.75) is 13.8 Å². The number of methoxy groups -OCH3 is 1. The van der Waals surface area contributed by atoms with Gasteiger partial charge < -0.3 is 14.6 Å². The number of ether oxygens (including phenoxy) is 2. The third kappa shape index (κ3) is 3.28. The molecular formula is C13H18O3. The first-order chi connectivity index (χ1) is 7.71. The van der Waals surface area contributed by atoms with Crippen LogP contribution in [0.25, 0.3) is 6.08 Å². The fourth-order valence-electron chi connectivity index (χ4n) is 1.38. The summed E-state index contributed by atoms with van der Waals surface area (Å²) in [6, 6.07) is 5.70. The zero-order chi connectivity index (χ0) is 12.0. The molecule has 0 aliphatic rings. The van der Waals surface area contributed by atoms with Crippen LogP contribution >= 0.6 is 0 Å². The molecule has 0 heterocycles. The van der Waals surface area contributed by atoms with Crippen LogP contribution in [0.15, 0.2) is 23.8 Å². The van der Waals surface area contributed by atoms with E-state index in [4.69, 9.17) is 14.6 Å². The third-order valence-corrected chi connectivity index (χ3v) is 2.15. The monoisotopic (exact) mass is 222 g/mol. The highest BCUT2D eigenvalue weighted by molar-refractivity contribution is 5.57. The van der Waals surface area contributed by atoms with E-state index in [9.17, 15) is 0 Å². The fraction of sp³-hybridized carbons (Fsp3) is 0.385. The molecule has 0 bridgehead atoms. The molecule has 0 aromatic heterocycles. The summed E-state index contributed by atoms with van der Waals surface area (Å²) in [5.74, 6) is 1.45. The van der Waals surface area contributed by atoms with Crippen LogP contribution in [0.4, 0.5) is 0 Å². The Balaban J connectivity index is 2.99. The smallest absolute Gasteiger partial charge is 0.161 e. The van der Waals surface area contributed by atoms with Crippen molar-refractivity contribution in [1.82, 2.24) is 0 Å². The maximum atomic E-state index is 8.94. The Kier molecular flexibility index (Phi) is 4.86. The molecule has 0 unspecified atom stereocenters. The quantitative estimate of drug-likeness (QED) is 0.831. The summed E-state index contributed by atoms with van der Waals surface area (Å²) in [5, 5.41) is 8.94. The van der Waals surface area contributed by atoms with Gasteiger partial charge in [0.05, 0.1) is 20.3 Å². The molecule has 0 radical (unpaired) electrons. The standard InChI is InChI=1S/C13H18O3/c1-4-16-12-6-5-11(7-10(2)9-14)8-13(12)15-3/h5-8,14H,4,9H2,1-3H3. The summed E-state index contributed by atoms with van der Waals surface area (Å²) in [4.78, 5) is 0. The van der Waals surface area contributed by atoms with E-state index in [0.29, 0.717) is 12.4 Å². The van der Waals surface area contributed by atoms with Crippen LogP contribution < -0.4 is 9.47 Å². The average molecular weight is 222 g/mol. The average Bonchev–Trinajstić information content (AvgIpc) is 2.31. The Labute approximate surface area is 96.3 Å². The van der Waals surface area contributed by atoms with Crippen LogP contribution in [0.2, 0.25) is 0 Å². The first-order valence-electron chi connectivity index (χ1n) is 5.30. The molecule has 1 aromatic rings. The number of rotatable bonds is 5. The van der Waals surface area contributed by atoms with Crippen molar-refractivity contribution in [3.8, 4) is 11.5 Å². The van der Waals surface area contributed by atoms with Gasteiger partial charge >= 0.3 is 0 Å². The van der Waals surface area contributed by atoms with E-state index in [-0.39, 0.29) is 6.61 Å². The predicted molar refractivity (Wildman–Crippen MR) is 64.9 cm³/mol. The molecule has 0 amide bonds. The molecule has 3 nitrogen and oxygen atoms in total. The molecule has 0 aliphatic carbocycles. The minimum atomic E-state index is 0.0650. The van der Waals surface area contributed by atoms with Crippen molar-refractivity contribution in [1.29, 1.82) is 0 Å². The van der Waals surface area contributed by atoms with E-state index in [1.165, 1.54) is 0 Å². The minimum absolute atomic E-state index is 0.0650. The molecule has 0 spiro atoms. The molecular weight excluding hydrogens is 204 g/mol. The molecule has 1 rings (SSSR count). The number of aliphatic hydroxyl groups is 1. The fourth-order valence-corrected chi connectivity index (χ4v) is 1.38. The molecule has 0 aliphatic heterocycles. The summed E-state index contributed by atoms with van der Waals surface area (Å²) < 4.78 is 10.7. The van der Waals surface area contributed by atoms with Crippen molar-refractivity contribution >= 4 is 6.08 Å². The van der Waals surface area contributed by atoms with Crippen LogP contribution in [0.3, 0.4) is 0 Å². The van der Waals surface area contributed by atoms with Gasteiger partial charge in [-0.2, -0.15) is 0 Å². The number of aliphatic hydroxyl groups excluding tert-OH is 1. The number of hydrogen-bond acceptors (Lipinski definition) is 3. The third-order valence-electron chi connectivity index (χ3n) is 2.15. The Morgan fingerprint density at radius 1 is 1.38 bits per heavy atom. The van der Waals surface area contributed by atoms with Crippen molar-refractivity contribution in [2.75, 3.05) is 20.3 Å². The Hall–Kier alpha value is -1.48. The maximum Gasteiger partial charge on any atom is 0.161 e. The van der Waals surface area contributed by atoms with E-state index in [0.717, 1.165) is 16.9 Å². The first kappa shape index (κ1) is 12.6. The van der Waals surface area contributed by atoms with E-state index >= 15 is 0 Å². The highest BCUT2D eigenvalue weighted by Crippen LogP contribution is 2.28. The lowest BCUT2D eigenvalue weighted by Gasteiger charge is -2.09. The van der Waals surface area contributed by atoms with Gasteiger partial charge in [-0.05, 0) is 37.1 Å². The summed E-state index contributed by atoms with van der Waals surface area (Å²) in [6.45, 7) is 4.49. The first-order valence-corrected chi connectivity index (χ1v) is 5.30. The second-order valence-corrected chi connectivity index (χ2v) is 3.49. The van der Waals surface area contributed by atoms with Crippen molar-refractivity contribution < 1.29 is 14.6 Å². The van der Waals surface area contributed by atoms with Gasteiger partial charge in [-0.1, -0.05) is 12.1 Å². The van der Waals surface area contributed by atoms with Gasteiger partial charge in [0.25, 0.3) is 0 Å². The molecule has 16 heavy (non-hydrogen) atoms. The van der Waals surface area contributed by atoms with Gasteiger partial charge in [-0.25, -0.2) is 0 Å². The second kappa shape index (κ2) is 6.18. The van der Waals surface area contributed by atoms with Gasteiger partial charge in [0.15, 0.2) is 11.5 Å². The minimum Gasteiger partial charge on any atom is -0.493 e.